The first kappa shape index (κ1) is 38.1. The van der Waals surface area contributed by atoms with Crippen molar-refractivity contribution in [3.05, 3.63) is 241 Å². The average Bonchev–Trinajstić information content (AvgIpc) is 4.00. The number of hydrogen-bond donors (Lipinski definition) is 0. The zero-order valence-electron chi connectivity index (χ0n) is 36.1. The van der Waals surface area contributed by atoms with Crippen LogP contribution in [0.5, 0.6) is 0 Å². The Morgan fingerprint density at radius 3 is 1.79 bits per heavy atom. The number of nitrogens with zero attached hydrogens (tertiary/aromatic N) is 3. The number of fused-ring (bicyclic) bond motifs is 11. The zero-order valence-corrected chi connectivity index (χ0v) is 37.7. The fourth-order valence-electron chi connectivity index (χ4n) is 10.3. The maximum atomic E-state index is 5.67. The molecule has 3 aromatic heterocycles. The van der Waals surface area contributed by atoms with Gasteiger partial charge in [-0.2, -0.15) is 0 Å². The third kappa shape index (κ3) is 6.09. The van der Waals surface area contributed by atoms with E-state index >= 15 is 0 Å². The molecule has 13 aromatic rings. The van der Waals surface area contributed by atoms with Gasteiger partial charge in [0.25, 0.3) is 0 Å². The van der Waals surface area contributed by atoms with Gasteiger partial charge in [0.15, 0.2) is 5.84 Å². The second-order valence-corrected chi connectivity index (χ2v) is 19.6. The van der Waals surface area contributed by atoms with Crippen LogP contribution in [0.1, 0.15) is 16.7 Å². The largest absolute Gasteiger partial charge is 0.308 e. The first-order valence-corrected chi connectivity index (χ1v) is 24.2. The maximum Gasteiger partial charge on any atom is 0.160 e. The summed E-state index contributed by atoms with van der Waals surface area (Å²) in [6.45, 7) is 4.79. The van der Waals surface area contributed by atoms with E-state index in [4.69, 9.17) is 16.6 Å². The number of hydrogen-bond acceptors (Lipinski definition) is 4. The van der Waals surface area contributed by atoms with Gasteiger partial charge in [0.05, 0.1) is 28.1 Å². The summed E-state index contributed by atoms with van der Waals surface area (Å²) in [5, 5.41) is 12.2. The molecule has 0 spiro atoms. The van der Waals surface area contributed by atoms with Crippen molar-refractivity contribution in [2.24, 2.45) is 9.98 Å². The first-order chi connectivity index (χ1) is 33.1. The second kappa shape index (κ2) is 14.9. The molecule has 0 N–H and O–H groups in total. The second-order valence-electron chi connectivity index (χ2n) is 17.4. The highest BCUT2D eigenvalue weighted by Crippen LogP contribution is 2.46. The molecule has 312 valence electrons. The van der Waals surface area contributed by atoms with Crippen LogP contribution in [0.3, 0.4) is 0 Å². The van der Waals surface area contributed by atoms with Gasteiger partial charge in [0, 0.05) is 67.8 Å². The summed E-state index contributed by atoms with van der Waals surface area (Å²) in [6, 6.07) is 74.8. The summed E-state index contributed by atoms with van der Waals surface area (Å²) >= 11 is 3.66. The van der Waals surface area contributed by atoms with Crippen LogP contribution in [0.4, 0.5) is 0 Å². The van der Waals surface area contributed by atoms with Gasteiger partial charge in [-0.3, -0.25) is 0 Å². The Morgan fingerprint density at radius 1 is 0.388 bits per heavy atom. The van der Waals surface area contributed by atoms with Crippen LogP contribution >= 0.6 is 22.7 Å². The van der Waals surface area contributed by atoms with Crippen LogP contribution in [0.2, 0.25) is 0 Å². The highest BCUT2D eigenvalue weighted by molar-refractivity contribution is 7.26. The SMILES string of the molecule is C=C1C=C(c2ccc3sc4cc5ccccc5cc4c3c2-n2c3ccccc3c3cc4ccccc4cc32)N=C(c2ccc(-c3ccccc3)cc2)N=C1c1ccc2c(c1)sc1ccccc12. The number of amidine groups is 1. The average molecular weight is 888 g/mol. The highest BCUT2D eigenvalue weighted by atomic mass is 32.1. The Morgan fingerprint density at radius 2 is 0.985 bits per heavy atom. The van der Waals surface area contributed by atoms with Gasteiger partial charge < -0.3 is 4.57 Å². The molecule has 0 fully saturated rings. The Bertz CT molecular complexity index is 4330. The molecule has 0 atom stereocenters. The van der Waals surface area contributed by atoms with Crippen LogP contribution in [0.15, 0.2) is 234 Å². The molecule has 0 unspecified atom stereocenters. The summed E-state index contributed by atoms with van der Waals surface area (Å²) in [5.41, 5.74) is 11.0. The normalized spacial score (nSPS) is 13.4. The van der Waals surface area contributed by atoms with Crippen molar-refractivity contribution in [1.82, 2.24) is 4.57 Å². The van der Waals surface area contributed by atoms with E-state index in [0.717, 1.165) is 56.0 Å². The van der Waals surface area contributed by atoms with E-state index < -0.39 is 0 Å². The van der Waals surface area contributed by atoms with E-state index in [2.05, 4.69) is 217 Å². The molecule has 3 nitrogen and oxygen atoms in total. The van der Waals surface area contributed by atoms with Crippen LogP contribution in [0, 0.1) is 0 Å². The Kier molecular flexibility index (Phi) is 8.48. The Hall–Kier alpha value is -8.22. The van der Waals surface area contributed by atoms with Crippen molar-refractivity contribution in [2.45, 2.75) is 0 Å². The number of benzene rings is 10. The topological polar surface area (TPSA) is 29.6 Å². The molecule has 0 amide bonds. The van der Waals surface area contributed by atoms with Gasteiger partial charge in [-0.15, -0.1) is 22.7 Å². The molecule has 0 radical (unpaired) electrons. The predicted octanol–water partition coefficient (Wildman–Crippen LogP) is 17.3. The molecule has 10 aromatic carbocycles. The van der Waals surface area contributed by atoms with Crippen LogP contribution in [-0.2, 0) is 0 Å². The molecule has 14 rings (SSSR count). The van der Waals surface area contributed by atoms with Gasteiger partial charge >= 0.3 is 0 Å². The molecular formula is C62H37N3S2. The van der Waals surface area contributed by atoms with Gasteiger partial charge in [-0.1, -0.05) is 158 Å². The number of aliphatic imine (C=N–C) groups is 2. The van der Waals surface area contributed by atoms with Crippen LogP contribution in [-0.4, -0.2) is 16.1 Å². The van der Waals surface area contributed by atoms with Crippen LogP contribution < -0.4 is 0 Å². The van der Waals surface area contributed by atoms with E-state index in [1.165, 1.54) is 78.2 Å². The Labute approximate surface area is 393 Å². The third-order valence-electron chi connectivity index (χ3n) is 13.5. The minimum atomic E-state index is 0.636. The summed E-state index contributed by atoms with van der Waals surface area (Å²) in [5.74, 6) is 0.636. The van der Waals surface area contributed by atoms with Crippen LogP contribution in [0.25, 0.3) is 106 Å². The molecular weight excluding hydrogens is 851 g/mol. The lowest BCUT2D eigenvalue weighted by Crippen LogP contribution is -2.06. The minimum absolute atomic E-state index is 0.636. The lowest BCUT2D eigenvalue weighted by molar-refractivity contribution is 1.19. The quantitative estimate of drug-likeness (QED) is 0.165. The maximum absolute atomic E-state index is 5.67. The van der Waals surface area contributed by atoms with Gasteiger partial charge in [0.2, 0.25) is 0 Å². The molecule has 1 aliphatic rings. The first-order valence-electron chi connectivity index (χ1n) is 22.6. The molecule has 1 aliphatic heterocycles. The van der Waals surface area contributed by atoms with E-state index in [0.29, 0.717) is 5.84 Å². The van der Waals surface area contributed by atoms with Gasteiger partial charge in [-0.25, -0.2) is 9.98 Å². The predicted molar refractivity (Wildman–Crippen MR) is 290 cm³/mol. The number of thiophene rings is 2. The lowest BCUT2D eigenvalue weighted by atomic mass is 9.98. The smallest absolute Gasteiger partial charge is 0.160 e. The lowest BCUT2D eigenvalue weighted by Gasteiger charge is -2.17. The summed E-state index contributed by atoms with van der Waals surface area (Å²) in [4.78, 5) is 11.2. The molecule has 0 bridgehead atoms. The number of para-hydroxylation sites is 1. The minimum Gasteiger partial charge on any atom is -0.308 e. The van der Waals surface area contributed by atoms with E-state index in [1.807, 2.05) is 22.7 Å². The summed E-state index contributed by atoms with van der Waals surface area (Å²) in [7, 11) is 0. The van der Waals surface area contributed by atoms with Crippen molar-refractivity contribution in [3.63, 3.8) is 0 Å². The highest BCUT2D eigenvalue weighted by Gasteiger charge is 2.25. The van der Waals surface area contributed by atoms with Crippen molar-refractivity contribution < 1.29 is 0 Å². The molecule has 4 heterocycles. The number of allylic oxidation sites excluding steroid dienone is 2. The monoisotopic (exact) mass is 887 g/mol. The molecule has 67 heavy (non-hydrogen) atoms. The standard InChI is InChI=1S/C62H37N3S2/c1-37-31-52(63-62(40-25-23-39(24-26-40)38-13-3-2-4-14-38)64-60(37)45-27-28-48-47-20-10-12-22-55(47)66-57(48)36-45)49-29-30-56-59(51-33-42-16-6-8-18-44(42)35-58(51)67-56)61(49)65-53-21-11-9-19-46(53)50-32-41-15-5-7-17-43(41)34-54(50)65/h2-36H,1H2. The fraction of sp³-hybridized carbons (Fsp3) is 0. The molecule has 0 saturated heterocycles. The van der Waals surface area contributed by atoms with Crippen molar-refractivity contribution in [2.75, 3.05) is 0 Å². The van der Waals surface area contributed by atoms with Crippen molar-refractivity contribution in [3.8, 4) is 16.8 Å². The van der Waals surface area contributed by atoms with E-state index in [1.54, 1.807) is 0 Å². The number of rotatable bonds is 5. The fourth-order valence-corrected chi connectivity index (χ4v) is 12.6. The molecule has 0 aliphatic carbocycles. The van der Waals surface area contributed by atoms with Crippen molar-refractivity contribution in [1.29, 1.82) is 0 Å². The Balaban J connectivity index is 1.06. The van der Waals surface area contributed by atoms with E-state index in [9.17, 15) is 0 Å². The van der Waals surface area contributed by atoms with Gasteiger partial charge in [-0.05, 0) is 98.9 Å². The summed E-state index contributed by atoms with van der Waals surface area (Å²) in [6.07, 6.45) is 2.16. The number of aromatic nitrogens is 1. The zero-order chi connectivity index (χ0) is 44.2. The van der Waals surface area contributed by atoms with Crippen molar-refractivity contribution >= 4 is 124 Å². The van der Waals surface area contributed by atoms with E-state index in [-0.39, 0.29) is 0 Å². The van der Waals surface area contributed by atoms with Gasteiger partial charge in [0.1, 0.15) is 0 Å². The third-order valence-corrected chi connectivity index (χ3v) is 15.7. The molecule has 0 saturated carbocycles. The molecule has 5 heteroatoms. The summed E-state index contributed by atoms with van der Waals surface area (Å²) < 4.78 is 7.47.